The van der Waals surface area contributed by atoms with Crippen LogP contribution in [0, 0.1) is 0 Å². The zero-order valence-electron chi connectivity index (χ0n) is 8.13. The molecule has 0 aliphatic carbocycles. The summed E-state index contributed by atoms with van der Waals surface area (Å²) in [6, 6.07) is 0. The molecule has 2 heteroatoms. The molecular formula is C10H18O2. The summed E-state index contributed by atoms with van der Waals surface area (Å²) in [4.78, 5) is 9.60. The molecule has 0 heterocycles. The summed E-state index contributed by atoms with van der Waals surface area (Å²) in [5.41, 5.74) is 0.176. The Bertz CT molecular complexity index is 145. The molecule has 2 nitrogen and oxygen atoms in total. The molecule has 0 radical (unpaired) electrons. The molecule has 0 saturated carbocycles. The van der Waals surface area contributed by atoms with E-state index in [1.165, 1.54) is 19.8 Å². The summed E-state index contributed by atoms with van der Waals surface area (Å²) in [5, 5.41) is 7.89. The third-order valence-electron chi connectivity index (χ3n) is 1.06. The Morgan fingerprint density at radius 3 is 2.08 bits per heavy atom. The van der Waals surface area contributed by atoms with Gasteiger partial charge in [0.2, 0.25) is 0 Å². The molecule has 0 unspecified atom stereocenters. The van der Waals surface area contributed by atoms with Gasteiger partial charge < -0.3 is 5.11 Å². The Morgan fingerprint density at radius 2 is 2.00 bits per heavy atom. The van der Waals surface area contributed by atoms with Crippen molar-refractivity contribution in [2.24, 2.45) is 0 Å². The standard InChI is InChI=1S/C6H12.C4H6O2/c1-3-5-6-4-2;1-3(2)4(5)6/h3,5H,4,6H2,1-2H3;1H2,2H3,(H,5,6). The molecule has 0 fully saturated rings. The summed E-state index contributed by atoms with van der Waals surface area (Å²) in [6.07, 6.45) is 6.77. The van der Waals surface area contributed by atoms with Gasteiger partial charge in [-0.05, 0) is 20.3 Å². The van der Waals surface area contributed by atoms with Gasteiger partial charge in [0.15, 0.2) is 0 Å². The van der Waals surface area contributed by atoms with Crippen molar-refractivity contribution in [2.75, 3.05) is 0 Å². The smallest absolute Gasteiger partial charge is 0.330 e. The molecule has 0 atom stereocenters. The van der Waals surface area contributed by atoms with Gasteiger partial charge in [-0.1, -0.05) is 32.1 Å². The van der Waals surface area contributed by atoms with Crippen molar-refractivity contribution in [2.45, 2.75) is 33.6 Å². The van der Waals surface area contributed by atoms with Crippen LogP contribution < -0.4 is 0 Å². The summed E-state index contributed by atoms with van der Waals surface area (Å²) >= 11 is 0. The fourth-order valence-electron chi connectivity index (χ4n) is 0.333. The highest BCUT2D eigenvalue weighted by molar-refractivity contribution is 5.84. The second kappa shape index (κ2) is 9.95. The van der Waals surface area contributed by atoms with E-state index in [0.717, 1.165) is 0 Å². The number of carboxylic acid groups (broad SMARTS) is 1. The number of rotatable bonds is 3. The zero-order chi connectivity index (χ0) is 9.98. The van der Waals surface area contributed by atoms with E-state index in [1.807, 2.05) is 0 Å². The van der Waals surface area contributed by atoms with Crippen molar-refractivity contribution in [1.29, 1.82) is 0 Å². The van der Waals surface area contributed by atoms with Crippen molar-refractivity contribution in [3.63, 3.8) is 0 Å². The number of aliphatic carboxylic acids is 1. The summed E-state index contributed by atoms with van der Waals surface area (Å²) in [5.74, 6) is -0.935. The number of hydrogen-bond acceptors (Lipinski definition) is 1. The molecule has 0 spiro atoms. The first-order valence-electron chi connectivity index (χ1n) is 4.06. The number of hydrogen-bond donors (Lipinski definition) is 1. The largest absolute Gasteiger partial charge is 0.478 e. The van der Waals surface area contributed by atoms with Gasteiger partial charge in [0.25, 0.3) is 0 Å². The average Bonchev–Trinajstić information content (AvgIpc) is 2.02. The number of unbranched alkanes of at least 4 members (excludes halogenated alkanes) is 1. The van der Waals surface area contributed by atoms with Crippen molar-refractivity contribution < 1.29 is 9.90 Å². The van der Waals surface area contributed by atoms with Crippen LogP contribution in [0.25, 0.3) is 0 Å². The molecule has 0 aromatic rings. The second-order valence-corrected chi connectivity index (χ2v) is 2.44. The maximum absolute atomic E-state index is 9.60. The highest BCUT2D eigenvalue weighted by Gasteiger charge is 1.90. The van der Waals surface area contributed by atoms with Gasteiger partial charge in [-0.25, -0.2) is 4.79 Å². The van der Waals surface area contributed by atoms with Crippen LogP contribution in [0.5, 0.6) is 0 Å². The summed E-state index contributed by atoms with van der Waals surface area (Å²) in [7, 11) is 0. The number of carboxylic acids is 1. The first-order valence-corrected chi connectivity index (χ1v) is 4.06. The lowest BCUT2D eigenvalue weighted by Crippen LogP contribution is -1.92. The van der Waals surface area contributed by atoms with Crippen molar-refractivity contribution in [3.05, 3.63) is 24.3 Å². The molecule has 70 valence electrons. The minimum Gasteiger partial charge on any atom is -0.478 e. The fourth-order valence-corrected chi connectivity index (χ4v) is 0.333. The highest BCUT2D eigenvalue weighted by atomic mass is 16.4. The molecule has 0 saturated heterocycles. The molecule has 0 amide bonds. The lowest BCUT2D eigenvalue weighted by molar-refractivity contribution is -0.132. The molecule has 0 bridgehead atoms. The third kappa shape index (κ3) is 16.0. The van der Waals surface area contributed by atoms with Gasteiger partial charge in [-0.2, -0.15) is 0 Å². The van der Waals surface area contributed by atoms with Gasteiger partial charge >= 0.3 is 5.97 Å². The summed E-state index contributed by atoms with van der Waals surface area (Å²) < 4.78 is 0. The van der Waals surface area contributed by atoms with E-state index in [0.29, 0.717) is 0 Å². The van der Waals surface area contributed by atoms with Crippen molar-refractivity contribution >= 4 is 5.97 Å². The predicted octanol–water partition coefficient (Wildman–Crippen LogP) is 3.01. The molecule has 0 aromatic carbocycles. The minimum atomic E-state index is -0.935. The van der Waals surface area contributed by atoms with Crippen LogP contribution in [0.3, 0.4) is 0 Å². The van der Waals surface area contributed by atoms with Crippen LogP contribution in [0.2, 0.25) is 0 Å². The Labute approximate surface area is 74.6 Å². The van der Waals surface area contributed by atoms with Crippen LogP contribution in [0.4, 0.5) is 0 Å². The quantitative estimate of drug-likeness (QED) is 0.522. The van der Waals surface area contributed by atoms with Crippen LogP contribution in [0.1, 0.15) is 33.6 Å². The Kier molecular flexibility index (Phi) is 11.2. The minimum absolute atomic E-state index is 0.176. The van der Waals surface area contributed by atoms with Gasteiger partial charge in [-0.15, -0.1) is 0 Å². The van der Waals surface area contributed by atoms with Crippen LogP contribution in [0.15, 0.2) is 24.3 Å². The molecule has 0 aliphatic heterocycles. The van der Waals surface area contributed by atoms with E-state index in [9.17, 15) is 4.79 Å². The first kappa shape index (κ1) is 13.5. The molecule has 0 rings (SSSR count). The highest BCUT2D eigenvalue weighted by Crippen LogP contribution is 1.85. The lowest BCUT2D eigenvalue weighted by atomic mass is 10.3. The lowest BCUT2D eigenvalue weighted by Gasteiger charge is -1.79. The van der Waals surface area contributed by atoms with E-state index in [-0.39, 0.29) is 5.57 Å². The van der Waals surface area contributed by atoms with E-state index < -0.39 is 5.97 Å². The molecule has 0 aromatic heterocycles. The second-order valence-electron chi connectivity index (χ2n) is 2.44. The predicted molar refractivity (Wildman–Crippen MR) is 52.2 cm³/mol. The van der Waals surface area contributed by atoms with Crippen LogP contribution in [-0.2, 0) is 4.79 Å². The molecular weight excluding hydrogens is 152 g/mol. The van der Waals surface area contributed by atoms with Crippen molar-refractivity contribution in [3.8, 4) is 0 Å². The van der Waals surface area contributed by atoms with Crippen LogP contribution >= 0.6 is 0 Å². The van der Waals surface area contributed by atoms with E-state index >= 15 is 0 Å². The van der Waals surface area contributed by atoms with Gasteiger partial charge in [-0.3, -0.25) is 0 Å². The Morgan fingerprint density at radius 1 is 1.58 bits per heavy atom. The first-order chi connectivity index (χ1) is 5.56. The molecule has 1 N–H and O–H groups in total. The van der Waals surface area contributed by atoms with Crippen LogP contribution in [-0.4, -0.2) is 11.1 Å². The van der Waals surface area contributed by atoms with Gasteiger partial charge in [0.05, 0.1) is 0 Å². The monoisotopic (exact) mass is 170 g/mol. The molecule has 0 aliphatic rings. The summed E-state index contributed by atoms with van der Waals surface area (Å²) in [6.45, 7) is 8.83. The maximum atomic E-state index is 9.60. The van der Waals surface area contributed by atoms with Gasteiger partial charge in [0, 0.05) is 5.57 Å². The number of carbonyl (C=O) groups is 1. The van der Waals surface area contributed by atoms with Crippen molar-refractivity contribution in [1.82, 2.24) is 0 Å². The normalized spacial score (nSPS) is 8.92. The van der Waals surface area contributed by atoms with Gasteiger partial charge in [0.1, 0.15) is 0 Å². The fraction of sp³-hybridized carbons (Fsp3) is 0.500. The zero-order valence-corrected chi connectivity index (χ0v) is 8.13. The van der Waals surface area contributed by atoms with E-state index in [4.69, 9.17) is 5.11 Å². The maximum Gasteiger partial charge on any atom is 0.330 e. The molecule has 12 heavy (non-hydrogen) atoms. The van der Waals surface area contributed by atoms with E-state index in [2.05, 4.69) is 32.6 Å². The third-order valence-corrected chi connectivity index (χ3v) is 1.06. The average molecular weight is 170 g/mol. The Hall–Kier alpha value is -1.05. The Balaban J connectivity index is 0. The SMILES string of the molecule is C=C(C)C(=O)O.CC=CCCC. The topological polar surface area (TPSA) is 37.3 Å². The van der Waals surface area contributed by atoms with E-state index in [1.54, 1.807) is 0 Å². The number of allylic oxidation sites excluding steroid dienone is 2.